The molecule has 0 saturated carbocycles. The molecule has 3 heteroatoms. The predicted octanol–water partition coefficient (Wildman–Crippen LogP) is 8.00. The molecule has 1 aromatic heterocycles. The molecule has 27 heavy (non-hydrogen) atoms. The molecule has 162 valence electrons. The van der Waals surface area contributed by atoms with Gasteiger partial charge >= 0.3 is 0 Å². The van der Waals surface area contributed by atoms with Gasteiger partial charge in [0.15, 0.2) is 0 Å². The van der Waals surface area contributed by atoms with Crippen LogP contribution in [0.3, 0.4) is 0 Å². The average Bonchev–Trinajstić information content (AvgIpc) is 2.64. The van der Waals surface area contributed by atoms with Gasteiger partial charge in [-0.15, -0.1) is 0 Å². The van der Waals surface area contributed by atoms with Gasteiger partial charge in [-0.05, 0) is 45.6 Å². The van der Waals surface area contributed by atoms with E-state index < -0.39 is 0 Å². The van der Waals surface area contributed by atoms with Crippen LogP contribution in [0.15, 0.2) is 12.3 Å². The van der Waals surface area contributed by atoms with Crippen molar-refractivity contribution in [3.63, 3.8) is 0 Å². The first-order chi connectivity index (χ1) is 12.9. The number of hydrogen-bond donors (Lipinski definition) is 0. The fraction of sp³-hybridized carbons (Fsp3) is 0.792. The van der Waals surface area contributed by atoms with Crippen molar-refractivity contribution in [2.24, 2.45) is 5.92 Å². The summed E-state index contributed by atoms with van der Waals surface area (Å²) in [5, 5.41) is 0. The molecule has 0 spiro atoms. The quantitative estimate of drug-likeness (QED) is 0.479. The van der Waals surface area contributed by atoms with E-state index in [9.17, 15) is 4.79 Å². The van der Waals surface area contributed by atoms with E-state index in [4.69, 9.17) is 0 Å². The molecule has 3 nitrogen and oxygen atoms in total. The Hall–Kier alpha value is -1.25. The third-order valence-corrected chi connectivity index (χ3v) is 3.18. The minimum atomic E-state index is 0.167. The van der Waals surface area contributed by atoms with E-state index in [1.807, 2.05) is 46.9 Å². The van der Waals surface area contributed by atoms with E-state index in [0.29, 0.717) is 0 Å². The van der Waals surface area contributed by atoms with Gasteiger partial charge in [-0.3, -0.25) is 0 Å². The lowest BCUT2D eigenvalue weighted by Crippen LogP contribution is -1.93. The number of Topliss-reactive ketones (excluding diaryl/α,β-unsaturated/α-hetero) is 1. The molecule has 1 heterocycles. The summed E-state index contributed by atoms with van der Waals surface area (Å²) in [6.07, 6.45) is 10.9. The average molecular weight is 383 g/mol. The first-order valence-corrected chi connectivity index (χ1v) is 11.1. The minimum absolute atomic E-state index is 0.167. The smallest absolute Gasteiger partial charge is 0.126 e. The lowest BCUT2D eigenvalue weighted by molar-refractivity contribution is -0.114. The third kappa shape index (κ3) is 36.4. The fourth-order valence-corrected chi connectivity index (χ4v) is 2.13. The van der Waals surface area contributed by atoms with Crippen molar-refractivity contribution < 1.29 is 4.79 Å². The Balaban J connectivity index is -0.000000146. The normalized spacial score (nSPS) is 8.59. The highest BCUT2D eigenvalue weighted by molar-refractivity contribution is 5.72. The summed E-state index contributed by atoms with van der Waals surface area (Å²) in [6, 6.07) is 1.99. The Morgan fingerprint density at radius 3 is 1.74 bits per heavy atom. The molecule has 0 unspecified atom stereocenters. The van der Waals surface area contributed by atoms with Gasteiger partial charge in [0, 0.05) is 11.9 Å². The summed E-state index contributed by atoms with van der Waals surface area (Å²) in [4.78, 5) is 17.8. The van der Waals surface area contributed by atoms with Crippen LogP contribution in [0.2, 0.25) is 0 Å². The van der Waals surface area contributed by atoms with Crippen LogP contribution in [0.25, 0.3) is 0 Å². The van der Waals surface area contributed by atoms with Gasteiger partial charge in [0.05, 0.1) is 0 Å². The van der Waals surface area contributed by atoms with E-state index >= 15 is 0 Å². The van der Waals surface area contributed by atoms with Crippen molar-refractivity contribution in [1.29, 1.82) is 0 Å². The van der Waals surface area contributed by atoms with Crippen molar-refractivity contribution in [1.82, 2.24) is 9.97 Å². The molecular formula is C24H50N2O. The van der Waals surface area contributed by atoms with Gasteiger partial charge in [-0.1, -0.05) is 87.5 Å². The van der Waals surface area contributed by atoms with Crippen LogP contribution in [-0.4, -0.2) is 15.8 Å². The highest BCUT2D eigenvalue weighted by atomic mass is 16.1. The van der Waals surface area contributed by atoms with Crippen LogP contribution in [0.4, 0.5) is 0 Å². The summed E-state index contributed by atoms with van der Waals surface area (Å²) in [5.41, 5.74) is 1.17. The molecule has 0 aliphatic rings. The van der Waals surface area contributed by atoms with E-state index in [-0.39, 0.29) is 5.78 Å². The van der Waals surface area contributed by atoms with E-state index in [1.54, 1.807) is 0 Å². The molecule has 1 aromatic rings. The first kappa shape index (κ1) is 33.3. The topological polar surface area (TPSA) is 42.9 Å². The standard InChI is InChI=1S/C9H14N2.C8H18.C3H6O.2C2H6/c1-3-4-5-9-6-7-10-8(2)11-9;1-4-6-8(3)7-5-2;1-3(2)4;2*1-2/h6-7H,3-5H2,1-2H3;8H,4-7H2,1-3H3;1-2H3;2*1-2H3. The van der Waals surface area contributed by atoms with Crippen LogP contribution in [-0.2, 0) is 11.2 Å². The molecule has 0 amide bonds. The highest BCUT2D eigenvalue weighted by Gasteiger charge is 1.96. The highest BCUT2D eigenvalue weighted by Crippen LogP contribution is 2.10. The Morgan fingerprint density at radius 1 is 0.963 bits per heavy atom. The van der Waals surface area contributed by atoms with Gasteiger partial charge in [-0.2, -0.15) is 0 Å². The lowest BCUT2D eigenvalue weighted by Gasteiger charge is -2.05. The Morgan fingerprint density at radius 2 is 1.41 bits per heavy atom. The molecule has 0 fully saturated rings. The third-order valence-electron chi connectivity index (χ3n) is 3.18. The second-order valence-electron chi connectivity index (χ2n) is 6.29. The molecule has 0 atom stereocenters. The lowest BCUT2D eigenvalue weighted by atomic mass is 10.0. The maximum atomic E-state index is 9.44. The Bertz CT molecular complexity index is 382. The van der Waals surface area contributed by atoms with Crippen molar-refractivity contribution in [2.75, 3.05) is 0 Å². The maximum absolute atomic E-state index is 9.44. The zero-order valence-corrected chi connectivity index (χ0v) is 20.5. The van der Waals surface area contributed by atoms with E-state index in [0.717, 1.165) is 18.2 Å². The number of carbonyl (C=O) groups excluding carboxylic acids is 1. The molecule has 0 aromatic carbocycles. The van der Waals surface area contributed by atoms with E-state index in [1.165, 1.54) is 58.1 Å². The summed E-state index contributed by atoms with van der Waals surface area (Å²) in [5.74, 6) is 2.00. The zero-order valence-electron chi connectivity index (χ0n) is 20.5. The van der Waals surface area contributed by atoms with E-state index in [2.05, 4.69) is 37.7 Å². The van der Waals surface area contributed by atoms with Crippen LogP contribution in [0.1, 0.15) is 119 Å². The first-order valence-electron chi connectivity index (χ1n) is 11.1. The Kier molecular flexibility index (Phi) is 36.4. The Labute approximate surface area is 171 Å². The predicted molar refractivity (Wildman–Crippen MR) is 123 cm³/mol. The second kappa shape index (κ2) is 29.5. The molecule has 0 N–H and O–H groups in total. The molecule has 0 saturated heterocycles. The second-order valence-corrected chi connectivity index (χ2v) is 6.29. The monoisotopic (exact) mass is 382 g/mol. The fourth-order valence-electron chi connectivity index (χ4n) is 2.13. The minimum Gasteiger partial charge on any atom is -0.300 e. The molecule has 0 aliphatic carbocycles. The summed E-state index contributed by atoms with van der Waals surface area (Å²) in [7, 11) is 0. The van der Waals surface area contributed by atoms with Crippen LogP contribution in [0.5, 0.6) is 0 Å². The summed E-state index contributed by atoms with van der Waals surface area (Å²) in [6.45, 7) is 22.0. The van der Waals surface area contributed by atoms with Crippen molar-refractivity contribution in [2.45, 2.75) is 121 Å². The van der Waals surface area contributed by atoms with Crippen molar-refractivity contribution >= 4 is 5.78 Å². The molecular weight excluding hydrogens is 332 g/mol. The number of rotatable bonds is 7. The van der Waals surface area contributed by atoms with Gasteiger partial charge in [0.25, 0.3) is 0 Å². The number of aryl methyl sites for hydroxylation is 2. The van der Waals surface area contributed by atoms with Gasteiger partial charge in [0.2, 0.25) is 0 Å². The van der Waals surface area contributed by atoms with Crippen LogP contribution in [0, 0.1) is 12.8 Å². The van der Waals surface area contributed by atoms with Gasteiger partial charge < -0.3 is 4.79 Å². The van der Waals surface area contributed by atoms with Gasteiger partial charge in [-0.25, -0.2) is 9.97 Å². The van der Waals surface area contributed by atoms with Crippen molar-refractivity contribution in [3.8, 4) is 0 Å². The number of unbranched alkanes of at least 4 members (excludes halogenated alkanes) is 1. The molecule has 0 bridgehead atoms. The summed E-state index contributed by atoms with van der Waals surface area (Å²) >= 11 is 0. The van der Waals surface area contributed by atoms with Crippen LogP contribution >= 0.6 is 0 Å². The SMILES string of the molecule is CC.CC.CC(C)=O.CCCC(C)CCC.CCCCc1ccnc(C)n1. The molecule has 0 aliphatic heterocycles. The van der Waals surface area contributed by atoms with Crippen LogP contribution < -0.4 is 0 Å². The zero-order chi connectivity index (χ0) is 22.1. The molecule has 1 rings (SSSR count). The maximum Gasteiger partial charge on any atom is 0.126 e. The number of aromatic nitrogens is 2. The van der Waals surface area contributed by atoms with Gasteiger partial charge in [0.1, 0.15) is 11.6 Å². The number of carbonyl (C=O) groups is 1. The molecule has 0 radical (unpaired) electrons. The van der Waals surface area contributed by atoms with Crippen molar-refractivity contribution in [3.05, 3.63) is 23.8 Å². The number of ketones is 1. The number of hydrogen-bond acceptors (Lipinski definition) is 3. The summed E-state index contributed by atoms with van der Waals surface area (Å²) < 4.78 is 0. The number of nitrogens with zero attached hydrogens (tertiary/aromatic N) is 2. The largest absolute Gasteiger partial charge is 0.300 e.